The number of hydrogen-bond acceptors (Lipinski definition) is 8. The monoisotopic (exact) mass is 446 g/mol. The van der Waals surface area contributed by atoms with E-state index >= 15 is 0 Å². The van der Waals surface area contributed by atoms with Crippen LogP contribution < -0.4 is 14.8 Å². The van der Waals surface area contributed by atoms with Gasteiger partial charge < -0.3 is 34.4 Å². The van der Waals surface area contributed by atoms with E-state index in [1.54, 1.807) is 30.3 Å². The fraction of sp³-hybridized carbons (Fsp3) is 0.350. The average Bonchev–Trinajstić information content (AvgIpc) is 3.45. The summed E-state index contributed by atoms with van der Waals surface area (Å²) in [5.74, 6) is 0.183. The number of fused-ring (bicyclic) bond motifs is 2. The number of nitrogens with zero attached hydrogens (tertiary/aromatic N) is 2. The number of aromatic amines is 1. The molecular weight excluding hydrogens is 428 g/mol. The van der Waals surface area contributed by atoms with E-state index < -0.39 is 24.2 Å². The average molecular weight is 447 g/mol. The second-order valence-electron chi connectivity index (χ2n) is 7.21. The molecule has 0 bridgehead atoms. The van der Waals surface area contributed by atoms with Crippen molar-refractivity contribution >= 4 is 34.5 Å². The van der Waals surface area contributed by atoms with E-state index in [1.807, 2.05) is 0 Å². The molecule has 162 valence electrons. The van der Waals surface area contributed by atoms with E-state index in [-0.39, 0.29) is 36.2 Å². The number of imidazole rings is 1. The molecule has 11 heteroatoms. The number of methoxy groups -OCH3 is 1. The summed E-state index contributed by atoms with van der Waals surface area (Å²) in [5, 5.41) is 12.8. The molecule has 31 heavy (non-hydrogen) atoms. The zero-order valence-corrected chi connectivity index (χ0v) is 17.1. The number of aliphatic hydroxyl groups excluding tert-OH is 1. The van der Waals surface area contributed by atoms with Gasteiger partial charge in [-0.3, -0.25) is 4.79 Å². The van der Waals surface area contributed by atoms with Crippen LogP contribution in [-0.2, 0) is 9.47 Å². The first kappa shape index (κ1) is 20.0. The lowest BCUT2D eigenvalue weighted by Crippen LogP contribution is -2.34. The summed E-state index contributed by atoms with van der Waals surface area (Å²) in [6.07, 6.45) is -1.85. The fourth-order valence-corrected chi connectivity index (χ4v) is 3.93. The molecule has 4 heterocycles. The van der Waals surface area contributed by atoms with E-state index in [0.717, 1.165) is 0 Å². The van der Waals surface area contributed by atoms with Crippen molar-refractivity contribution in [3.05, 3.63) is 40.9 Å². The lowest BCUT2D eigenvalue weighted by atomic mass is 10.1. The number of carbonyl (C=O) groups excluding carboxylic acids is 1. The number of carbonyl (C=O) groups is 1. The molecule has 0 radical (unpaired) electrons. The van der Waals surface area contributed by atoms with Crippen LogP contribution in [0.15, 0.2) is 30.3 Å². The first-order valence-corrected chi connectivity index (χ1v) is 10.00. The molecular formula is C20H19ClN4O6. The summed E-state index contributed by atoms with van der Waals surface area (Å²) < 4.78 is 22.2. The van der Waals surface area contributed by atoms with Gasteiger partial charge in [0.2, 0.25) is 0 Å². The lowest BCUT2D eigenvalue weighted by Gasteiger charge is -2.15. The summed E-state index contributed by atoms with van der Waals surface area (Å²) >= 11 is 6.31. The quantitative estimate of drug-likeness (QED) is 0.541. The van der Waals surface area contributed by atoms with E-state index in [9.17, 15) is 9.90 Å². The Morgan fingerprint density at radius 1 is 1.26 bits per heavy atom. The summed E-state index contributed by atoms with van der Waals surface area (Å²) in [6, 6.07) is 8.65. The topological polar surface area (TPSA) is 128 Å². The number of amides is 1. The largest absolute Gasteiger partial charge is 0.496 e. The molecule has 0 saturated carbocycles. The second-order valence-corrected chi connectivity index (χ2v) is 7.61. The number of anilines is 1. The van der Waals surface area contributed by atoms with Crippen molar-refractivity contribution in [2.45, 2.75) is 24.4 Å². The third-order valence-corrected chi connectivity index (χ3v) is 5.52. The summed E-state index contributed by atoms with van der Waals surface area (Å²) in [5.41, 5.74) is 1.21. The minimum Gasteiger partial charge on any atom is -0.496 e. The molecule has 1 unspecified atom stereocenters. The van der Waals surface area contributed by atoms with Crippen LogP contribution in [0.4, 0.5) is 5.82 Å². The highest BCUT2D eigenvalue weighted by molar-refractivity contribution is 6.34. The third-order valence-electron chi connectivity index (χ3n) is 5.23. The maximum absolute atomic E-state index is 12.7. The van der Waals surface area contributed by atoms with Gasteiger partial charge in [-0.25, -0.2) is 4.98 Å². The number of aliphatic hydroxyl groups is 1. The maximum Gasteiger partial charge on any atom is 0.296 e. The Balaban J connectivity index is 1.35. The first-order valence-electron chi connectivity index (χ1n) is 9.62. The smallest absolute Gasteiger partial charge is 0.296 e. The zero-order valence-electron chi connectivity index (χ0n) is 16.4. The van der Waals surface area contributed by atoms with Crippen LogP contribution in [0.3, 0.4) is 0 Å². The van der Waals surface area contributed by atoms with Crippen molar-refractivity contribution in [3.8, 4) is 11.8 Å². The van der Waals surface area contributed by atoms with Gasteiger partial charge in [0.1, 0.15) is 24.1 Å². The van der Waals surface area contributed by atoms with E-state index in [1.165, 1.54) is 7.11 Å². The number of pyridine rings is 1. The molecule has 1 amide bonds. The predicted octanol–water partition coefficient (Wildman–Crippen LogP) is 1.78. The van der Waals surface area contributed by atoms with Crippen molar-refractivity contribution in [1.82, 2.24) is 15.0 Å². The molecule has 2 saturated heterocycles. The molecule has 3 aromatic rings. The Labute approximate surface area is 181 Å². The number of nitrogens with one attached hydrogen (secondary N) is 2. The third kappa shape index (κ3) is 3.68. The number of hydrogen-bond donors (Lipinski definition) is 3. The van der Waals surface area contributed by atoms with Crippen molar-refractivity contribution in [2.24, 2.45) is 0 Å². The number of H-pyrrole nitrogens is 1. The van der Waals surface area contributed by atoms with Crippen molar-refractivity contribution in [1.29, 1.82) is 0 Å². The molecule has 0 aliphatic carbocycles. The van der Waals surface area contributed by atoms with Crippen LogP contribution in [0, 0.1) is 0 Å². The second kappa shape index (κ2) is 7.97. The van der Waals surface area contributed by atoms with Crippen LogP contribution in [0.1, 0.15) is 10.4 Å². The summed E-state index contributed by atoms with van der Waals surface area (Å²) in [6.45, 7) is 0.486. The Morgan fingerprint density at radius 2 is 2.06 bits per heavy atom. The highest BCUT2D eigenvalue weighted by Crippen LogP contribution is 2.31. The Hall–Kier alpha value is -2.92. The van der Waals surface area contributed by atoms with Gasteiger partial charge in [-0.1, -0.05) is 23.7 Å². The Morgan fingerprint density at radius 3 is 2.90 bits per heavy atom. The van der Waals surface area contributed by atoms with Crippen LogP contribution in [0.5, 0.6) is 11.8 Å². The Bertz CT molecular complexity index is 1140. The van der Waals surface area contributed by atoms with E-state index in [4.69, 9.17) is 30.5 Å². The summed E-state index contributed by atoms with van der Waals surface area (Å²) in [7, 11) is 1.49. The minimum absolute atomic E-state index is 0.162. The van der Waals surface area contributed by atoms with E-state index in [2.05, 4.69) is 20.3 Å². The fourth-order valence-electron chi connectivity index (χ4n) is 3.73. The number of halogens is 1. The van der Waals surface area contributed by atoms with Crippen LogP contribution in [0.25, 0.3) is 11.2 Å². The molecule has 0 spiro atoms. The van der Waals surface area contributed by atoms with E-state index in [0.29, 0.717) is 22.5 Å². The maximum atomic E-state index is 12.7. The zero-order chi connectivity index (χ0) is 21.5. The van der Waals surface area contributed by atoms with Gasteiger partial charge in [0, 0.05) is 0 Å². The number of benzene rings is 1. The molecule has 2 aromatic heterocycles. The predicted molar refractivity (Wildman–Crippen MR) is 110 cm³/mol. The number of para-hydroxylation sites is 1. The molecule has 5 rings (SSSR count). The van der Waals surface area contributed by atoms with Crippen LogP contribution in [0.2, 0.25) is 5.02 Å². The highest BCUT2D eigenvalue weighted by Gasteiger charge is 2.48. The van der Waals surface area contributed by atoms with Gasteiger partial charge in [0.15, 0.2) is 17.6 Å². The van der Waals surface area contributed by atoms with Crippen molar-refractivity contribution in [2.75, 3.05) is 25.6 Å². The van der Waals surface area contributed by atoms with Crippen LogP contribution >= 0.6 is 11.6 Å². The molecule has 2 fully saturated rings. The van der Waals surface area contributed by atoms with Gasteiger partial charge in [-0.15, -0.1) is 0 Å². The van der Waals surface area contributed by atoms with Gasteiger partial charge in [0.25, 0.3) is 11.9 Å². The van der Waals surface area contributed by atoms with Crippen molar-refractivity contribution < 1.29 is 28.8 Å². The molecule has 4 atom stereocenters. The molecule has 10 nitrogen and oxygen atoms in total. The SMILES string of the molecule is COc1ccccc1C(=O)Nc1nc2nc(O[C@@H]3COC4[C@H](O)CO[C@@H]43)[nH]c2cc1Cl. The molecule has 2 aliphatic heterocycles. The lowest BCUT2D eigenvalue weighted by molar-refractivity contribution is 0.00706. The van der Waals surface area contributed by atoms with Gasteiger partial charge in [-0.05, 0) is 18.2 Å². The van der Waals surface area contributed by atoms with Gasteiger partial charge >= 0.3 is 0 Å². The van der Waals surface area contributed by atoms with Crippen molar-refractivity contribution in [3.63, 3.8) is 0 Å². The normalized spacial score (nSPS) is 24.9. The summed E-state index contributed by atoms with van der Waals surface area (Å²) in [4.78, 5) is 24.3. The van der Waals surface area contributed by atoms with Crippen LogP contribution in [-0.4, -0.2) is 70.7 Å². The standard InChI is InChI=1S/C20H19ClN4O6/c1-28-13-5-3-2-4-9(13)19(27)24-17-10(21)6-11-18(23-17)25-20(22-11)31-14-8-30-15-12(26)7-29-16(14)15/h2-6,12,14-16,26H,7-8H2,1H3,(H2,22,23,24,25,27)/t12-,14-,15?,16-/m1/s1. The number of aromatic nitrogens is 3. The molecule has 2 aliphatic rings. The highest BCUT2D eigenvalue weighted by atomic mass is 35.5. The minimum atomic E-state index is -0.663. The molecule has 3 N–H and O–H groups in total. The number of ether oxygens (including phenoxy) is 4. The molecule has 1 aromatic carbocycles. The van der Waals surface area contributed by atoms with Gasteiger partial charge in [0.05, 0.1) is 36.4 Å². The number of rotatable bonds is 5. The first-order chi connectivity index (χ1) is 15.0. The van der Waals surface area contributed by atoms with Gasteiger partial charge in [-0.2, -0.15) is 4.98 Å². The Kier molecular flexibility index (Phi) is 5.14.